The molecule has 138 valence electrons. The van der Waals surface area contributed by atoms with E-state index in [4.69, 9.17) is 0 Å². The van der Waals surface area contributed by atoms with Gasteiger partial charge in [0.25, 0.3) is 5.56 Å². The molecule has 0 N–H and O–H groups in total. The largest absolute Gasteiger partial charge is 0.317 e. The summed E-state index contributed by atoms with van der Waals surface area (Å²) in [5.41, 5.74) is 2.03. The molecule has 0 amide bonds. The molecular weight excluding hydrogens is 340 g/mol. The molecule has 1 fully saturated rings. The van der Waals surface area contributed by atoms with Gasteiger partial charge >= 0.3 is 0 Å². The molecular formula is C22H22N2O3. The number of nitriles is 1. The van der Waals surface area contributed by atoms with Crippen LogP contribution >= 0.6 is 0 Å². The van der Waals surface area contributed by atoms with Gasteiger partial charge in [-0.1, -0.05) is 37.5 Å². The maximum Gasteiger partial charge on any atom is 0.261 e. The van der Waals surface area contributed by atoms with Crippen LogP contribution in [0.15, 0.2) is 35.3 Å². The van der Waals surface area contributed by atoms with E-state index in [2.05, 4.69) is 6.07 Å². The lowest BCUT2D eigenvalue weighted by atomic mass is 9.80. The van der Waals surface area contributed by atoms with Crippen LogP contribution in [0.1, 0.15) is 75.4 Å². The number of aryl methyl sites for hydroxylation is 1. The Hall–Kier alpha value is -3.00. The van der Waals surface area contributed by atoms with Crippen molar-refractivity contribution in [2.24, 2.45) is 7.05 Å². The number of benzene rings is 1. The highest BCUT2D eigenvalue weighted by Gasteiger charge is 2.22. The molecule has 27 heavy (non-hydrogen) atoms. The number of ketones is 1. The quantitative estimate of drug-likeness (QED) is 0.602. The molecule has 2 aromatic rings. The summed E-state index contributed by atoms with van der Waals surface area (Å²) in [6, 6.07) is 9.24. The van der Waals surface area contributed by atoms with E-state index in [9.17, 15) is 19.6 Å². The fourth-order valence-corrected chi connectivity index (χ4v) is 3.93. The maximum atomic E-state index is 12.8. The van der Waals surface area contributed by atoms with Crippen molar-refractivity contribution in [1.82, 2.24) is 4.57 Å². The fourth-order valence-electron chi connectivity index (χ4n) is 3.93. The van der Waals surface area contributed by atoms with E-state index in [0.717, 1.165) is 31.2 Å². The van der Waals surface area contributed by atoms with Crippen molar-refractivity contribution in [2.75, 3.05) is 0 Å². The van der Waals surface area contributed by atoms with Crippen molar-refractivity contribution < 1.29 is 9.59 Å². The van der Waals surface area contributed by atoms with Gasteiger partial charge in [-0.25, -0.2) is 0 Å². The molecule has 0 aliphatic heterocycles. The summed E-state index contributed by atoms with van der Waals surface area (Å²) < 4.78 is 1.24. The van der Waals surface area contributed by atoms with Gasteiger partial charge in [0.05, 0.1) is 17.2 Å². The minimum Gasteiger partial charge on any atom is -0.317 e. The first-order valence-corrected chi connectivity index (χ1v) is 9.26. The SMILES string of the molecule is Cn1cc(C=O)cc(C(=O)Cc2cccc(C3CCCCC3)c2C#N)c1=O. The van der Waals surface area contributed by atoms with Gasteiger partial charge < -0.3 is 4.57 Å². The van der Waals surface area contributed by atoms with Gasteiger partial charge in [0.1, 0.15) is 0 Å². The third-order valence-electron chi connectivity index (χ3n) is 5.33. The zero-order chi connectivity index (χ0) is 19.4. The van der Waals surface area contributed by atoms with E-state index in [-0.39, 0.29) is 23.3 Å². The molecule has 5 nitrogen and oxygen atoms in total. The number of aldehydes is 1. The lowest BCUT2D eigenvalue weighted by Gasteiger charge is -2.23. The Balaban J connectivity index is 1.95. The molecule has 1 heterocycles. The molecule has 0 atom stereocenters. The zero-order valence-electron chi connectivity index (χ0n) is 15.4. The first-order chi connectivity index (χ1) is 13.0. The normalized spacial score (nSPS) is 14.5. The summed E-state index contributed by atoms with van der Waals surface area (Å²) >= 11 is 0. The van der Waals surface area contributed by atoms with E-state index in [1.807, 2.05) is 12.1 Å². The third-order valence-corrected chi connectivity index (χ3v) is 5.33. The molecule has 1 saturated carbocycles. The van der Waals surface area contributed by atoms with E-state index in [1.54, 1.807) is 6.07 Å². The van der Waals surface area contributed by atoms with Crippen LogP contribution in [0.4, 0.5) is 0 Å². The molecule has 0 spiro atoms. The number of carbonyl (C=O) groups excluding carboxylic acids is 2. The van der Waals surface area contributed by atoms with Gasteiger partial charge in [-0.2, -0.15) is 5.26 Å². The maximum absolute atomic E-state index is 12.8. The van der Waals surface area contributed by atoms with Gasteiger partial charge in [-0.15, -0.1) is 0 Å². The highest BCUT2D eigenvalue weighted by molar-refractivity contribution is 5.98. The Morgan fingerprint density at radius 2 is 2.04 bits per heavy atom. The van der Waals surface area contributed by atoms with Gasteiger partial charge in [-0.3, -0.25) is 14.4 Å². The fraction of sp³-hybridized carbons (Fsp3) is 0.364. The molecule has 5 heteroatoms. The van der Waals surface area contributed by atoms with Crippen LogP contribution in [-0.4, -0.2) is 16.6 Å². The van der Waals surface area contributed by atoms with Crippen molar-refractivity contribution >= 4 is 12.1 Å². The van der Waals surface area contributed by atoms with Crippen molar-refractivity contribution in [2.45, 2.75) is 44.4 Å². The van der Waals surface area contributed by atoms with Crippen LogP contribution in [-0.2, 0) is 13.5 Å². The highest BCUT2D eigenvalue weighted by Crippen LogP contribution is 2.35. The zero-order valence-corrected chi connectivity index (χ0v) is 15.4. The lowest BCUT2D eigenvalue weighted by molar-refractivity contribution is 0.0991. The predicted molar refractivity (Wildman–Crippen MR) is 102 cm³/mol. The second-order valence-corrected chi connectivity index (χ2v) is 7.15. The van der Waals surface area contributed by atoms with Crippen molar-refractivity contribution in [1.29, 1.82) is 5.26 Å². The number of carbonyl (C=O) groups is 2. The molecule has 1 aromatic carbocycles. The number of nitrogens with zero attached hydrogens (tertiary/aromatic N) is 2. The van der Waals surface area contributed by atoms with Crippen molar-refractivity contribution in [3.05, 3.63) is 68.6 Å². The van der Waals surface area contributed by atoms with Crippen LogP contribution in [0, 0.1) is 11.3 Å². The summed E-state index contributed by atoms with van der Waals surface area (Å²) in [7, 11) is 1.51. The number of pyridine rings is 1. The Morgan fingerprint density at radius 1 is 1.30 bits per heavy atom. The molecule has 0 saturated heterocycles. The summed E-state index contributed by atoms with van der Waals surface area (Å²) in [6.07, 6.45) is 7.66. The first-order valence-electron chi connectivity index (χ1n) is 9.26. The summed E-state index contributed by atoms with van der Waals surface area (Å²) in [5.74, 6) is -0.0219. The predicted octanol–water partition coefficient (Wildman–Crippen LogP) is 3.54. The summed E-state index contributed by atoms with van der Waals surface area (Å²) in [4.78, 5) is 36.1. The molecule has 3 rings (SSSR count). The Morgan fingerprint density at radius 3 is 2.70 bits per heavy atom. The van der Waals surface area contributed by atoms with Crippen LogP contribution < -0.4 is 5.56 Å². The van der Waals surface area contributed by atoms with Gasteiger partial charge in [0.2, 0.25) is 0 Å². The molecule has 0 bridgehead atoms. The van der Waals surface area contributed by atoms with Crippen LogP contribution in [0.2, 0.25) is 0 Å². The van der Waals surface area contributed by atoms with Gasteiger partial charge in [0.15, 0.2) is 12.1 Å². The lowest BCUT2D eigenvalue weighted by Crippen LogP contribution is -2.25. The second kappa shape index (κ2) is 8.13. The van der Waals surface area contributed by atoms with Crippen LogP contribution in [0.25, 0.3) is 0 Å². The van der Waals surface area contributed by atoms with E-state index >= 15 is 0 Å². The number of Topliss-reactive ketones (excluding diaryl/α,β-unsaturated/α-hetero) is 1. The van der Waals surface area contributed by atoms with Crippen LogP contribution in [0.3, 0.4) is 0 Å². The number of rotatable bonds is 5. The minimum atomic E-state index is -0.437. The monoisotopic (exact) mass is 362 g/mol. The number of hydrogen-bond donors (Lipinski definition) is 0. The molecule has 1 aliphatic rings. The Labute approximate surface area is 158 Å². The average molecular weight is 362 g/mol. The van der Waals surface area contributed by atoms with E-state index < -0.39 is 5.56 Å². The van der Waals surface area contributed by atoms with Gasteiger partial charge in [-0.05, 0) is 36.0 Å². The first kappa shape index (κ1) is 18.8. The third kappa shape index (κ3) is 3.90. The molecule has 0 radical (unpaired) electrons. The topological polar surface area (TPSA) is 79.9 Å². The highest BCUT2D eigenvalue weighted by atomic mass is 16.1. The van der Waals surface area contributed by atoms with E-state index in [1.165, 1.54) is 30.3 Å². The summed E-state index contributed by atoms with van der Waals surface area (Å²) in [5, 5.41) is 9.72. The van der Waals surface area contributed by atoms with Crippen LogP contribution in [0.5, 0.6) is 0 Å². The molecule has 1 aliphatic carbocycles. The van der Waals surface area contributed by atoms with E-state index in [0.29, 0.717) is 23.3 Å². The smallest absolute Gasteiger partial charge is 0.261 e. The van der Waals surface area contributed by atoms with Crippen molar-refractivity contribution in [3.63, 3.8) is 0 Å². The van der Waals surface area contributed by atoms with Crippen molar-refractivity contribution in [3.8, 4) is 6.07 Å². The number of aromatic nitrogens is 1. The summed E-state index contributed by atoms with van der Waals surface area (Å²) in [6.45, 7) is 0. The minimum absolute atomic E-state index is 0.0194. The molecule has 1 aromatic heterocycles. The average Bonchev–Trinajstić information content (AvgIpc) is 2.70. The number of hydrogen-bond acceptors (Lipinski definition) is 4. The standard InChI is InChI=1S/C22H22N2O3/c1-24-13-15(14-25)10-19(22(24)27)21(26)11-17-8-5-9-18(20(17)12-23)16-6-3-2-4-7-16/h5,8-10,13-14,16H,2-4,6-7,11H2,1H3. The Bertz CT molecular complexity index is 976. The Kier molecular flexibility index (Phi) is 5.66. The van der Waals surface area contributed by atoms with Gasteiger partial charge in [0, 0.05) is 25.2 Å². The second-order valence-electron chi connectivity index (χ2n) is 7.15. The molecule has 0 unspecified atom stereocenters.